The summed E-state index contributed by atoms with van der Waals surface area (Å²) in [4.78, 5) is 28.3. The molecule has 1 aromatic heterocycles. The van der Waals surface area contributed by atoms with E-state index >= 15 is 0 Å². The number of carbonyl (C=O) groups is 2. The van der Waals surface area contributed by atoms with Gasteiger partial charge in [0.1, 0.15) is 5.82 Å². The molecule has 164 valence electrons. The van der Waals surface area contributed by atoms with E-state index in [-0.39, 0.29) is 22.6 Å². The van der Waals surface area contributed by atoms with Crippen molar-refractivity contribution >= 4 is 33.0 Å². The van der Waals surface area contributed by atoms with Crippen molar-refractivity contribution in [3.8, 4) is 0 Å². The monoisotopic (exact) mass is 445 g/mol. The molecule has 0 spiro atoms. The van der Waals surface area contributed by atoms with Crippen molar-refractivity contribution in [2.24, 2.45) is 0 Å². The minimum Gasteiger partial charge on any atom is -0.465 e. The lowest BCUT2D eigenvalue weighted by Crippen LogP contribution is -2.29. The van der Waals surface area contributed by atoms with Crippen molar-refractivity contribution in [2.75, 3.05) is 21.3 Å². The molecule has 0 amide bonds. The zero-order valence-electron chi connectivity index (χ0n) is 17.7. The van der Waals surface area contributed by atoms with Crippen LogP contribution in [0.25, 0.3) is 11.0 Å². The van der Waals surface area contributed by atoms with Crippen LogP contribution in [0.3, 0.4) is 0 Å². The number of esters is 2. The lowest BCUT2D eigenvalue weighted by atomic mass is 10.1. The van der Waals surface area contributed by atoms with E-state index in [1.165, 1.54) is 26.3 Å². The number of methoxy groups -OCH3 is 2. The average molecular weight is 445 g/mol. The molecule has 3 aromatic rings. The van der Waals surface area contributed by atoms with Gasteiger partial charge < -0.3 is 14.0 Å². The number of carbonyl (C=O) groups excluding carboxylic acids is 2. The fraction of sp³-hybridized carbons (Fsp3) is 0.286. The number of ether oxygens (including phenoxy) is 2. The highest BCUT2D eigenvalue weighted by atomic mass is 32.2. The van der Waals surface area contributed by atoms with Crippen LogP contribution in [-0.4, -0.2) is 55.5 Å². The van der Waals surface area contributed by atoms with Gasteiger partial charge >= 0.3 is 11.9 Å². The normalized spacial score (nSPS) is 11.6. The van der Waals surface area contributed by atoms with E-state index in [1.54, 1.807) is 0 Å². The van der Waals surface area contributed by atoms with E-state index in [0.717, 1.165) is 28.5 Å². The van der Waals surface area contributed by atoms with Gasteiger partial charge in [-0.3, -0.25) is 0 Å². The smallest absolute Gasteiger partial charge is 0.339 e. The Kier molecular flexibility index (Phi) is 6.42. The summed E-state index contributed by atoms with van der Waals surface area (Å²) in [6.07, 6.45) is 0. The van der Waals surface area contributed by atoms with Gasteiger partial charge in [-0.05, 0) is 37.3 Å². The Morgan fingerprint density at radius 2 is 1.74 bits per heavy atom. The Balaban J connectivity index is 2.06. The largest absolute Gasteiger partial charge is 0.465 e. The van der Waals surface area contributed by atoms with Crippen molar-refractivity contribution < 1.29 is 27.5 Å². The molecule has 0 atom stereocenters. The van der Waals surface area contributed by atoms with Crippen molar-refractivity contribution in [3.05, 3.63) is 59.4 Å². The predicted octanol–water partition coefficient (Wildman–Crippen LogP) is 2.45. The van der Waals surface area contributed by atoms with Gasteiger partial charge in [0.2, 0.25) is 10.0 Å². The van der Waals surface area contributed by atoms with Gasteiger partial charge in [-0.1, -0.05) is 12.1 Å². The molecule has 10 heteroatoms. The highest BCUT2D eigenvalue weighted by molar-refractivity contribution is 7.89. The molecule has 0 unspecified atom stereocenters. The average Bonchev–Trinajstić information content (AvgIpc) is 3.14. The molecule has 0 bridgehead atoms. The third kappa shape index (κ3) is 4.17. The fourth-order valence-electron chi connectivity index (χ4n) is 3.31. The quantitative estimate of drug-likeness (QED) is 0.514. The van der Waals surface area contributed by atoms with Gasteiger partial charge in [-0.25, -0.2) is 23.0 Å². The first-order chi connectivity index (χ1) is 14.7. The molecule has 0 N–H and O–H groups in total. The Morgan fingerprint density at radius 3 is 2.39 bits per heavy atom. The summed E-state index contributed by atoms with van der Waals surface area (Å²) in [5.41, 5.74) is 1.48. The van der Waals surface area contributed by atoms with Crippen LogP contribution < -0.4 is 0 Å². The van der Waals surface area contributed by atoms with Crippen LogP contribution in [0.5, 0.6) is 0 Å². The van der Waals surface area contributed by atoms with E-state index in [1.807, 2.05) is 35.8 Å². The number of aryl methyl sites for hydroxylation is 1. The summed E-state index contributed by atoms with van der Waals surface area (Å²) in [5, 5.41) is 0. The van der Waals surface area contributed by atoms with Crippen molar-refractivity contribution in [1.82, 2.24) is 13.9 Å². The molecule has 0 aliphatic heterocycles. The maximum Gasteiger partial charge on any atom is 0.339 e. The lowest BCUT2D eigenvalue weighted by molar-refractivity contribution is 0.0583. The SMILES string of the molecule is CCn1c(CN(C)S(=O)(=O)c2cc(C(=O)OC)ccc2C(=O)OC)nc2ccccc21. The molecule has 0 fully saturated rings. The second-order valence-corrected chi connectivity index (χ2v) is 8.73. The van der Waals surface area contributed by atoms with Crippen LogP contribution in [0, 0.1) is 0 Å². The highest BCUT2D eigenvalue weighted by Gasteiger charge is 2.29. The van der Waals surface area contributed by atoms with Gasteiger partial charge in [0.25, 0.3) is 0 Å². The predicted molar refractivity (Wildman–Crippen MR) is 113 cm³/mol. The lowest BCUT2D eigenvalue weighted by Gasteiger charge is -2.19. The second-order valence-electron chi connectivity index (χ2n) is 6.72. The maximum absolute atomic E-state index is 13.4. The van der Waals surface area contributed by atoms with Gasteiger partial charge in [-0.2, -0.15) is 4.31 Å². The van der Waals surface area contributed by atoms with Crippen molar-refractivity contribution in [1.29, 1.82) is 0 Å². The zero-order chi connectivity index (χ0) is 22.8. The molecule has 1 heterocycles. The van der Waals surface area contributed by atoms with Gasteiger partial charge in [0.05, 0.1) is 47.8 Å². The van der Waals surface area contributed by atoms with Gasteiger partial charge in [0.15, 0.2) is 0 Å². The van der Waals surface area contributed by atoms with Crippen LogP contribution in [0.2, 0.25) is 0 Å². The Morgan fingerprint density at radius 1 is 1.06 bits per heavy atom. The number of rotatable bonds is 7. The summed E-state index contributed by atoms with van der Waals surface area (Å²) in [6, 6.07) is 11.2. The Hall–Kier alpha value is -3.24. The molecule has 31 heavy (non-hydrogen) atoms. The van der Waals surface area contributed by atoms with Crippen LogP contribution in [0.1, 0.15) is 33.5 Å². The van der Waals surface area contributed by atoms with Gasteiger partial charge in [-0.15, -0.1) is 0 Å². The number of aromatic nitrogens is 2. The fourth-order valence-corrected chi connectivity index (χ4v) is 4.64. The number of hydrogen-bond donors (Lipinski definition) is 0. The number of imidazole rings is 1. The van der Waals surface area contributed by atoms with Crippen LogP contribution >= 0.6 is 0 Å². The summed E-state index contributed by atoms with van der Waals surface area (Å²) in [5.74, 6) is -0.994. The standard InChI is InChI=1S/C21H23N3O6S/c1-5-24-17-9-7-6-8-16(17)22-19(24)13-23(2)31(27,28)18-12-14(20(25)29-3)10-11-15(18)21(26)30-4/h6-12H,5,13H2,1-4H3. The Bertz CT molecular complexity index is 1250. The molecule has 0 radical (unpaired) electrons. The minimum atomic E-state index is -4.18. The molecular weight excluding hydrogens is 422 g/mol. The van der Waals surface area contributed by atoms with Crippen molar-refractivity contribution in [2.45, 2.75) is 24.9 Å². The van der Waals surface area contributed by atoms with Crippen LogP contribution in [0.15, 0.2) is 47.4 Å². The Labute approximate surface area is 180 Å². The number of hydrogen-bond acceptors (Lipinski definition) is 7. The first kappa shape index (κ1) is 22.4. The number of benzene rings is 2. The molecule has 3 rings (SSSR count). The summed E-state index contributed by atoms with van der Waals surface area (Å²) >= 11 is 0. The van der Waals surface area contributed by atoms with E-state index in [9.17, 15) is 18.0 Å². The maximum atomic E-state index is 13.4. The van der Waals surface area contributed by atoms with Crippen LogP contribution in [0.4, 0.5) is 0 Å². The molecule has 2 aromatic carbocycles. The number of sulfonamides is 1. The van der Waals surface area contributed by atoms with Crippen LogP contribution in [-0.2, 0) is 32.6 Å². The molecule has 0 aliphatic rings. The first-order valence-corrected chi connectivity index (χ1v) is 10.9. The highest BCUT2D eigenvalue weighted by Crippen LogP contribution is 2.25. The number of para-hydroxylation sites is 2. The van der Waals surface area contributed by atoms with Crippen molar-refractivity contribution in [3.63, 3.8) is 0 Å². The molecule has 0 aliphatic carbocycles. The van der Waals surface area contributed by atoms with E-state index < -0.39 is 22.0 Å². The van der Waals surface area contributed by atoms with E-state index in [0.29, 0.717) is 12.4 Å². The van der Waals surface area contributed by atoms with E-state index in [4.69, 9.17) is 4.74 Å². The third-order valence-electron chi connectivity index (χ3n) is 4.91. The number of fused-ring (bicyclic) bond motifs is 1. The number of nitrogens with zero attached hydrogens (tertiary/aromatic N) is 3. The second kappa shape index (κ2) is 8.86. The zero-order valence-corrected chi connectivity index (χ0v) is 18.5. The first-order valence-electron chi connectivity index (χ1n) is 9.45. The summed E-state index contributed by atoms with van der Waals surface area (Å²) in [7, 11) is -0.449. The molecule has 9 nitrogen and oxygen atoms in total. The van der Waals surface area contributed by atoms with E-state index in [2.05, 4.69) is 9.72 Å². The third-order valence-corrected chi connectivity index (χ3v) is 6.75. The molecule has 0 saturated heterocycles. The van der Waals surface area contributed by atoms with Gasteiger partial charge in [0, 0.05) is 13.6 Å². The molecule has 0 saturated carbocycles. The molecular formula is C21H23N3O6S. The summed E-state index contributed by atoms with van der Waals surface area (Å²) < 4.78 is 39.2. The summed E-state index contributed by atoms with van der Waals surface area (Å²) in [6.45, 7) is 2.52. The minimum absolute atomic E-state index is 0.00271. The topological polar surface area (TPSA) is 108 Å².